The SMILES string of the molecule is Cc1cccnc1C(=O)N1CC[C@@H]2CNC[C@@H]2CC1.Cl.Cl. The predicted molar refractivity (Wildman–Crippen MR) is 88.5 cm³/mol. The first kappa shape index (κ1) is 18.2. The van der Waals surface area contributed by atoms with Crippen LogP contribution in [0.25, 0.3) is 0 Å². The lowest BCUT2D eigenvalue weighted by atomic mass is 9.92. The van der Waals surface area contributed by atoms with E-state index in [2.05, 4.69) is 10.3 Å². The van der Waals surface area contributed by atoms with Crippen LogP contribution in [0.2, 0.25) is 0 Å². The van der Waals surface area contributed by atoms with Gasteiger partial charge in [-0.25, -0.2) is 0 Å². The maximum Gasteiger partial charge on any atom is 0.272 e. The number of hydrogen-bond donors (Lipinski definition) is 1. The molecular formula is C15H23Cl2N3O. The highest BCUT2D eigenvalue weighted by Gasteiger charge is 2.32. The van der Waals surface area contributed by atoms with E-state index < -0.39 is 0 Å². The van der Waals surface area contributed by atoms with Crippen molar-refractivity contribution in [3.05, 3.63) is 29.6 Å². The normalized spacial score (nSPS) is 24.3. The number of nitrogens with one attached hydrogen (secondary N) is 1. The Hall–Kier alpha value is -0.840. The summed E-state index contributed by atoms with van der Waals surface area (Å²) in [6.45, 7) is 5.94. The minimum atomic E-state index is 0. The van der Waals surface area contributed by atoms with Crippen LogP contribution >= 0.6 is 24.8 Å². The lowest BCUT2D eigenvalue weighted by Crippen LogP contribution is -2.33. The summed E-state index contributed by atoms with van der Waals surface area (Å²) in [5.74, 6) is 1.61. The molecule has 0 aliphatic carbocycles. The van der Waals surface area contributed by atoms with E-state index in [0.717, 1.165) is 56.4 Å². The summed E-state index contributed by atoms with van der Waals surface area (Å²) in [4.78, 5) is 18.8. The topological polar surface area (TPSA) is 45.2 Å². The monoisotopic (exact) mass is 331 g/mol. The molecule has 118 valence electrons. The number of hydrogen-bond acceptors (Lipinski definition) is 3. The first-order valence-corrected chi connectivity index (χ1v) is 7.17. The van der Waals surface area contributed by atoms with Crippen LogP contribution in [0.5, 0.6) is 0 Å². The maximum atomic E-state index is 12.5. The van der Waals surface area contributed by atoms with E-state index in [0.29, 0.717) is 5.69 Å². The number of aryl methyl sites for hydroxylation is 1. The molecule has 1 aromatic heterocycles. The van der Waals surface area contributed by atoms with Gasteiger partial charge >= 0.3 is 0 Å². The van der Waals surface area contributed by atoms with Gasteiger partial charge in [0.1, 0.15) is 5.69 Å². The van der Waals surface area contributed by atoms with Gasteiger partial charge in [0.25, 0.3) is 5.91 Å². The van der Waals surface area contributed by atoms with Crippen molar-refractivity contribution in [2.45, 2.75) is 19.8 Å². The number of carbonyl (C=O) groups is 1. The number of aromatic nitrogens is 1. The van der Waals surface area contributed by atoms with Gasteiger partial charge in [-0.05, 0) is 56.3 Å². The fourth-order valence-electron chi connectivity index (χ4n) is 3.28. The van der Waals surface area contributed by atoms with Crippen LogP contribution in [0.3, 0.4) is 0 Å². The fraction of sp³-hybridized carbons (Fsp3) is 0.600. The molecule has 4 nitrogen and oxygen atoms in total. The molecule has 2 aliphatic heterocycles. The second-order valence-electron chi connectivity index (χ2n) is 5.72. The third-order valence-corrected chi connectivity index (χ3v) is 4.52. The minimum absolute atomic E-state index is 0. The molecule has 2 saturated heterocycles. The maximum absolute atomic E-state index is 12.5. The molecule has 0 radical (unpaired) electrons. The van der Waals surface area contributed by atoms with E-state index >= 15 is 0 Å². The third-order valence-electron chi connectivity index (χ3n) is 4.52. The van der Waals surface area contributed by atoms with Crippen molar-refractivity contribution >= 4 is 30.7 Å². The Kier molecular flexibility index (Phi) is 6.91. The molecule has 2 aliphatic rings. The molecule has 0 unspecified atom stereocenters. The Morgan fingerprint density at radius 2 is 1.86 bits per heavy atom. The number of rotatable bonds is 1. The summed E-state index contributed by atoms with van der Waals surface area (Å²) in [6, 6.07) is 3.83. The average molecular weight is 332 g/mol. The highest BCUT2D eigenvalue weighted by atomic mass is 35.5. The molecule has 2 atom stereocenters. The summed E-state index contributed by atoms with van der Waals surface area (Å²) in [7, 11) is 0. The zero-order valence-electron chi connectivity index (χ0n) is 12.2. The number of pyridine rings is 1. The van der Waals surface area contributed by atoms with Gasteiger partial charge in [-0.2, -0.15) is 0 Å². The van der Waals surface area contributed by atoms with Gasteiger partial charge in [0.2, 0.25) is 0 Å². The molecule has 0 spiro atoms. The summed E-state index contributed by atoms with van der Waals surface area (Å²) in [6.07, 6.45) is 3.95. The van der Waals surface area contributed by atoms with Crippen molar-refractivity contribution < 1.29 is 4.79 Å². The van der Waals surface area contributed by atoms with Gasteiger partial charge in [0.15, 0.2) is 0 Å². The molecule has 3 heterocycles. The Balaban J connectivity index is 0.00000110. The van der Waals surface area contributed by atoms with E-state index in [9.17, 15) is 4.79 Å². The van der Waals surface area contributed by atoms with Gasteiger partial charge in [0.05, 0.1) is 0 Å². The standard InChI is InChI=1S/C15H21N3O.2ClH/c1-11-3-2-6-17-14(11)15(19)18-7-4-12-9-16-10-13(12)5-8-18;;/h2-3,6,12-13,16H,4-5,7-10H2,1H3;2*1H/t12-,13+;;. The van der Waals surface area contributed by atoms with E-state index in [1.165, 1.54) is 0 Å². The average Bonchev–Trinajstić information content (AvgIpc) is 2.78. The number of halogens is 2. The molecule has 0 aromatic carbocycles. The quantitative estimate of drug-likeness (QED) is 0.858. The Morgan fingerprint density at radius 3 is 2.43 bits per heavy atom. The number of likely N-dealkylation sites (tertiary alicyclic amines) is 1. The summed E-state index contributed by atoms with van der Waals surface area (Å²) in [5.41, 5.74) is 1.59. The minimum Gasteiger partial charge on any atom is -0.337 e. The lowest BCUT2D eigenvalue weighted by molar-refractivity contribution is 0.0752. The molecule has 21 heavy (non-hydrogen) atoms. The van der Waals surface area contributed by atoms with Crippen molar-refractivity contribution in [1.82, 2.24) is 15.2 Å². The Bertz CT molecular complexity index is 470. The number of nitrogens with zero attached hydrogens (tertiary/aromatic N) is 2. The van der Waals surface area contributed by atoms with Crippen LogP contribution in [0, 0.1) is 18.8 Å². The van der Waals surface area contributed by atoms with Crippen LogP contribution < -0.4 is 5.32 Å². The second-order valence-corrected chi connectivity index (χ2v) is 5.72. The third kappa shape index (κ3) is 3.87. The smallest absolute Gasteiger partial charge is 0.272 e. The summed E-state index contributed by atoms with van der Waals surface area (Å²) < 4.78 is 0. The van der Waals surface area contributed by atoms with Crippen LogP contribution in [-0.2, 0) is 0 Å². The van der Waals surface area contributed by atoms with Crippen molar-refractivity contribution in [3.8, 4) is 0 Å². The van der Waals surface area contributed by atoms with Crippen molar-refractivity contribution in [2.75, 3.05) is 26.2 Å². The number of carbonyl (C=O) groups excluding carboxylic acids is 1. The predicted octanol–water partition coefficient (Wildman–Crippen LogP) is 2.31. The van der Waals surface area contributed by atoms with Gasteiger partial charge in [-0.1, -0.05) is 6.07 Å². The Morgan fingerprint density at radius 1 is 1.24 bits per heavy atom. The molecule has 3 rings (SSSR count). The highest BCUT2D eigenvalue weighted by molar-refractivity contribution is 5.93. The first-order valence-electron chi connectivity index (χ1n) is 7.17. The molecule has 1 N–H and O–H groups in total. The molecule has 1 aromatic rings. The number of amides is 1. The van der Waals surface area contributed by atoms with E-state index in [1.807, 2.05) is 24.0 Å². The molecule has 0 saturated carbocycles. The van der Waals surface area contributed by atoms with Gasteiger partial charge in [0, 0.05) is 19.3 Å². The first-order chi connectivity index (χ1) is 9.25. The Labute approximate surface area is 138 Å². The van der Waals surface area contributed by atoms with Gasteiger partial charge < -0.3 is 10.2 Å². The summed E-state index contributed by atoms with van der Waals surface area (Å²) in [5, 5.41) is 3.46. The molecule has 2 fully saturated rings. The van der Waals surface area contributed by atoms with Crippen LogP contribution in [-0.4, -0.2) is 42.0 Å². The van der Waals surface area contributed by atoms with Gasteiger partial charge in [-0.3, -0.25) is 9.78 Å². The van der Waals surface area contributed by atoms with Crippen LogP contribution in [0.4, 0.5) is 0 Å². The summed E-state index contributed by atoms with van der Waals surface area (Å²) >= 11 is 0. The van der Waals surface area contributed by atoms with Crippen LogP contribution in [0.15, 0.2) is 18.3 Å². The van der Waals surface area contributed by atoms with Crippen molar-refractivity contribution in [2.24, 2.45) is 11.8 Å². The molecule has 0 bridgehead atoms. The fourth-order valence-corrected chi connectivity index (χ4v) is 3.28. The van der Waals surface area contributed by atoms with Crippen LogP contribution in [0.1, 0.15) is 28.9 Å². The zero-order chi connectivity index (χ0) is 13.2. The second kappa shape index (κ2) is 7.97. The molecule has 6 heteroatoms. The van der Waals surface area contributed by atoms with Crippen molar-refractivity contribution in [1.29, 1.82) is 0 Å². The zero-order valence-corrected chi connectivity index (χ0v) is 13.9. The molecular weight excluding hydrogens is 309 g/mol. The van der Waals surface area contributed by atoms with E-state index in [-0.39, 0.29) is 30.7 Å². The van der Waals surface area contributed by atoms with Crippen molar-refractivity contribution in [3.63, 3.8) is 0 Å². The molecule has 1 amide bonds. The highest BCUT2D eigenvalue weighted by Crippen LogP contribution is 2.27. The lowest BCUT2D eigenvalue weighted by Gasteiger charge is -2.21. The van der Waals surface area contributed by atoms with Gasteiger partial charge in [-0.15, -0.1) is 24.8 Å². The largest absolute Gasteiger partial charge is 0.337 e. The number of fused-ring (bicyclic) bond motifs is 1. The van der Waals surface area contributed by atoms with E-state index in [4.69, 9.17) is 0 Å². The van der Waals surface area contributed by atoms with E-state index in [1.54, 1.807) is 6.20 Å².